The van der Waals surface area contributed by atoms with Crippen LogP contribution in [0.15, 0.2) is 0 Å². The van der Waals surface area contributed by atoms with E-state index in [-0.39, 0.29) is 18.9 Å². The molecule has 0 bridgehead atoms. The first-order valence-corrected chi connectivity index (χ1v) is 3.21. The van der Waals surface area contributed by atoms with Crippen LogP contribution in [0.2, 0.25) is 0 Å². The van der Waals surface area contributed by atoms with Crippen molar-refractivity contribution >= 4 is 0 Å². The smallest absolute Gasteiger partial charge is 0.661 e. The van der Waals surface area contributed by atoms with Gasteiger partial charge in [0.25, 0.3) is 0 Å². The molecule has 1 heterocycles. The van der Waals surface area contributed by atoms with Crippen LogP contribution in [0.1, 0.15) is 6.42 Å². The molecule has 1 fully saturated rings. The molecule has 0 saturated carbocycles. The molecule has 1 aliphatic heterocycles. The summed E-state index contributed by atoms with van der Waals surface area (Å²) in [5.41, 5.74) is 0. The largest absolute Gasteiger partial charge is 1.00 e. The standard InChI is InChI=1S/C6H13N2.Li/c1-8-5-2-3-7-4-6-8;/h2-6H2,1H3;/q-1;+1. The van der Waals surface area contributed by atoms with E-state index in [1.807, 2.05) is 0 Å². The first-order chi connectivity index (χ1) is 3.89. The van der Waals surface area contributed by atoms with Gasteiger partial charge < -0.3 is 10.2 Å². The average molecular weight is 120 g/mol. The summed E-state index contributed by atoms with van der Waals surface area (Å²) < 4.78 is 0. The molecule has 0 atom stereocenters. The van der Waals surface area contributed by atoms with Gasteiger partial charge in [-0.1, -0.05) is 6.42 Å². The Balaban J connectivity index is 0.000000640. The molecule has 0 amide bonds. The Labute approximate surface area is 69.2 Å². The zero-order valence-electron chi connectivity index (χ0n) is 6.43. The minimum absolute atomic E-state index is 0. The van der Waals surface area contributed by atoms with Crippen LogP contribution in [-0.2, 0) is 0 Å². The third kappa shape index (κ3) is 3.99. The fourth-order valence-electron chi connectivity index (χ4n) is 0.917. The summed E-state index contributed by atoms with van der Waals surface area (Å²) in [6, 6.07) is 0. The van der Waals surface area contributed by atoms with Crippen molar-refractivity contribution in [3.8, 4) is 0 Å². The first kappa shape index (κ1) is 9.52. The van der Waals surface area contributed by atoms with E-state index in [4.69, 9.17) is 0 Å². The Kier molecular flexibility index (Phi) is 5.62. The summed E-state index contributed by atoms with van der Waals surface area (Å²) in [4.78, 5) is 2.33. The van der Waals surface area contributed by atoms with Gasteiger partial charge in [0.2, 0.25) is 0 Å². The van der Waals surface area contributed by atoms with Crippen molar-refractivity contribution in [3.63, 3.8) is 0 Å². The Bertz CT molecular complexity index is 60.1. The van der Waals surface area contributed by atoms with Crippen LogP contribution < -0.4 is 18.9 Å². The predicted octanol–water partition coefficient (Wildman–Crippen LogP) is -2.30. The van der Waals surface area contributed by atoms with Crippen molar-refractivity contribution in [3.05, 3.63) is 5.32 Å². The summed E-state index contributed by atoms with van der Waals surface area (Å²) in [5.74, 6) is 0. The number of rotatable bonds is 0. The van der Waals surface area contributed by atoms with E-state index >= 15 is 0 Å². The SMILES string of the molecule is CN1CCC[N-]CC1.[Li+]. The van der Waals surface area contributed by atoms with Crippen LogP contribution in [0.5, 0.6) is 0 Å². The maximum absolute atomic E-state index is 4.28. The topological polar surface area (TPSA) is 17.3 Å². The molecule has 3 heteroatoms. The molecule has 0 aromatic heterocycles. The van der Waals surface area contributed by atoms with Gasteiger partial charge in [0, 0.05) is 0 Å². The number of hydrogen-bond acceptors (Lipinski definition) is 1. The van der Waals surface area contributed by atoms with Crippen LogP contribution in [0, 0.1) is 0 Å². The predicted molar refractivity (Wildman–Crippen MR) is 35.2 cm³/mol. The van der Waals surface area contributed by atoms with E-state index in [9.17, 15) is 0 Å². The molecule has 0 aromatic rings. The van der Waals surface area contributed by atoms with Crippen molar-refractivity contribution in [1.82, 2.24) is 4.90 Å². The van der Waals surface area contributed by atoms with E-state index in [0.717, 1.165) is 19.6 Å². The Morgan fingerprint density at radius 2 is 2.00 bits per heavy atom. The third-order valence-corrected chi connectivity index (χ3v) is 1.50. The summed E-state index contributed by atoms with van der Waals surface area (Å²) >= 11 is 0. The first-order valence-electron chi connectivity index (χ1n) is 3.21. The second-order valence-electron chi connectivity index (χ2n) is 2.33. The molecule has 1 aliphatic rings. The number of nitrogens with zero attached hydrogens (tertiary/aromatic N) is 2. The zero-order valence-corrected chi connectivity index (χ0v) is 6.43. The minimum atomic E-state index is 0. The molecule has 1 rings (SSSR count). The van der Waals surface area contributed by atoms with Crippen molar-refractivity contribution in [2.75, 3.05) is 33.2 Å². The van der Waals surface area contributed by atoms with E-state index in [1.54, 1.807) is 0 Å². The van der Waals surface area contributed by atoms with Crippen LogP contribution in [0.4, 0.5) is 0 Å². The number of hydrogen-bond donors (Lipinski definition) is 0. The molecule has 0 unspecified atom stereocenters. The molecule has 48 valence electrons. The van der Waals surface area contributed by atoms with E-state index in [1.165, 1.54) is 13.0 Å². The molecule has 0 radical (unpaired) electrons. The molecule has 0 aliphatic carbocycles. The van der Waals surface area contributed by atoms with Crippen LogP contribution in [0.3, 0.4) is 0 Å². The van der Waals surface area contributed by atoms with E-state index in [2.05, 4.69) is 17.3 Å². The van der Waals surface area contributed by atoms with Gasteiger partial charge in [-0.15, -0.1) is 13.1 Å². The van der Waals surface area contributed by atoms with Gasteiger partial charge in [0.15, 0.2) is 0 Å². The van der Waals surface area contributed by atoms with Gasteiger partial charge in [-0.25, -0.2) is 0 Å². The fourth-order valence-corrected chi connectivity index (χ4v) is 0.917. The summed E-state index contributed by atoms with van der Waals surface area (Å²) in [6.07, 6.45) is 1.25. The second-order valence-corrected chi connectivity index (χ2v) is 2.33. The van der Waals surface area contributed by atoms with Gasteiger partial charge >= 0.3 is 18.9 Å². The van der Waals surface area contributed by atoms with Crippen molar-refractivity contribution in [2.45, 2.75) is 6.42 Å². The number of likely N-dealkylation sites (N-methyl/N-ethyl adjacent to an activating group) is 1. The molecular formula is C6H13LiN2. The van der Waals surface area contributed by atoms with Gasteiger partial charge in [0.1, 0.15) is 0 Å². The molecule has 0 spiro atoms. The Hall–Kier alpha value is 0.517. The summed E-state index contributed by atoms with van der Waals surface area (Å²) in [5, 5.41) is 4.28. The monoisotopic (exact) mass is 120 g/mol. The van der Waals surface area contributed by atoms with Crippen LogP contribution in [0.25, 0.3) is 5.32 Å². The van der Waals surface area contributed by atoms with Crippen molar-refractivity contribution < 1.29 is 18.9 Å². The third-order valence-electron chi connectivity index (χ3n) is 1.50. The molecular weight excluding hydrogens is 107 g/mol. The maximum atomic E-state index is 4.28. The normalized spacial score (nSPS) is 22.3. The summed E-state index contributed by atoms with van der Waals surface area (Å²) in [7, 11) is 2.15. The average Bonchev–Trinajstić information content (AvgIpc) is 1.94. The van der Waals surface area contributed by atoms with E-state index in [0.29, 0.717) is 0 Å². The molecule has 1 saturated heterocycles. The molecule has 0 N–H and O–H groups in total. The molecule has 9 heavy (non-hydrogen) atoms. The fraction of sp³-hybridized carbons (Fsp3) is 1.00. The van der Waals surface area contributed by atoms with Crippen LogP contribution >= 0.6 is 0 Å². The van der Waals surface area contributed by atoms with E-state index < -0.39 is 0 Å². The van der Waals surface area contributed by atoms with Gasteiger partial charge in [0.05, 0.1) is 0 Å². The molecule has 0 aromatic carbocycles. The maximum Gasteiger partial charge on any atom is 1.00 e. The minimum Gasteiger partial charge on any atom is -0.661 e. The van der Waals surface area contributed by atoms with Crippen molar-refractivity contribution in [2.24, 2.45) is 0 Å². The quantitative estimate of drug-likeness (QED) is 0.329. The second kappa shape index (κ2) is 5.31. The zero-order chi connectivity index (χ0) is 5.82. The van der Waals surface area contributed by atoms with Crippen LogP contribution in [-0.4, -0.2) is 38.1 Å². The Morgan fingerprint density at radius 1 is 1.22 bits per heavy atom. The van der Waals surface area contributed by atoms with Gasteiger partial charge in [-0.3, -0.25) is 0 Å². The van der Waals surface area contributed by atoms with Gasteiger partial charge in [-0.2, -0.15) is 0 Å². The molecule has 2 nitrogen and oxygen atoms in total. The Morgan fingerprint density at radius 3 is 2.78 bits per heavy atom. The summed E-state index contributed by atoms with van der Waals surface area (Å²) in [6.45, 7) is 4.49. The van der Waals surface area contributed by atoms with Crippen molar-refractivity contribution in [1.29, 1.82) is 0 Å². The van der Waals surface area contributed by atoms with Gasteiger partial charge in [-0.05, 0) is 20.1 Å².